The Kier molecular flexibility index (Phi) is 1.94. The zero-order valence-electron chi connectivity index (χ0n) is 9.08. The van der Waals surface area contributed by atoms with Crippen LogP contribution in [-0.4, -0.2) is 18.6 Å². The van der Waals surface area contributed by atoms with Gasteiger partial charge in [0.15, 0.2) is 11.5 Å². The fraction of sp³-hybridized carbons (Fsp3) is 0.417. The number of hydrogen-bond acceptors (Lipinski definition) is 4. The summed E-state index contributed by atoms with van der Waals surface area (Å²) >= 11 is 0. The van der Waals surface area contributed by atoms with Crippen LogP contribution in [0.5, 0.6) is 11.5 Å². The molecule has 0 amide bonds. The molecule has 1 atom stereocenters. The molecule has 1 aliphatic heterocycles. The van der Waals surface area contributed by atoms with Crippen molar-refractivity contribution < 1.29 is 14.3 Å². The third-order valence-corrected chi connectivity index (χ3v) is 3.08. The zero-order chi connectivity index (χ0) is 11.3. The third-order valence-electron chi connectivity index (χ3n) is 3.08. The van der Waals surface area contributed by atoms with E-state index in [0.29, 0.717) is 17.9 Å². The highest BCUT2D eigenvalue weighted by Crippen LogP contribution is 2.45. The predicted molar refractivity (Wildman–Crippen MR) is 58.0 cm³/mol. The molecule has 0 fully saturated rings. The maximum atomic E-state index is 11.3. The minimum Gasteiger partial charge on any atom is -0.490 e. The normalized spacial score (nSPS) is 20.9. The van der Waals surface area contributed by atoms with Crippen LogP contribution in [0.2, 0.25) is 0 Å². The van der Waals surface area contributed by atoms with Gasteiger partial charge in [-0.2, -0.15) is 0 Å². The molecule has 84 valence electrons. The van der Waals surface area contributed by atoms with E-state index in [9.17, 15) is 4.79 Å². The van der Waals surface area contributed by atoms with E-state index in [-0.39, 0.29) is 12.0 Å². The largest absolute Gasteiger partial charge is 0.490 e. The van der Waals surface area contributed by atoms with Crippen molar-refractivity contribution in [3.05, 3.63) is 22.8 Å². The average molecular weight is 219 g/mol. The average Bonchev–Trinajstić information content (AvgIpc) is 2.61. The molecule has 4 nitrogen and oxygen atoms in total. The van der Waals surface area contributed by atoms with Crippen LogP contribution in [0.15, 0.2) is 6.07 Å². The minimum absolute atomic E-state index is 0.130. The Morgan fingerprint density at radius 1 is 1.56 bits per heavy atom. The van der Waals surface area contributed by atoms with Gasteiger partial charge in [0.1, 0.15) is 5.56 Å². The summed E-state index contributed by atoms with van der Waals surface area (Å²) in [4.78, 5) is 11.3. The van der Waals surface area contributed by atoms with Gasteiger partial charge in [-0.05, 0) is 31.4 Å². The van der Waals surface area contributed by atoms with E-state index in [1.165, 1.54) is 0 Å². The number of hydrogen-bond donors (Lipinski definition) is 1. The summed E-state index contributed by atoms with van der Waals surface area (Å²) in [5, 5.41) is 0. The standard InChI is InChI=1S/C12H13NO3/c1-2-15-10-8-5-7(13)3-6(8)4-9-11(10)16-12(9)14/h4,7H,2-3,5,13H2,1H3. The van der Waals surface area contributed by atoms with Crippen LogP contribution >= 0.6 is 0 Å². The topological polar surface area (TPSA) is 61.5 Å². The first-order valence-electron chi connectivity index (χ1n) is 5.50. The van der Waals surface area contributed by atoms with E-state index < -0.39 is 0 Å². The van der Waals surface area contributed by atoms with Gasteiger partial charge < -0.3 is 15.2 Å². The summed E-state index contributed by atoms with van der Waals surface area (Å²) in [5.41, 5.74) is 8.80. The van der Waals surface area contributed by atoms with Crippen molar-refractivity contribution in [3.63, 3.8) is 0 Å². The van der Waals surface area contributed by atoms with Crippen molar-refractivity contribution in [3.8, 4) is 11.5 Å². The maximum Gasteiger partial charge on any atom is 0.347 e. The van der Waals surface area contributed by atoms with E-state index in [0.717, 1.165) is 29.7 Å². The number of fused-ring (bicyclic) bond motifs is 2. The summed E-state index contributed by atoms with van der Waals surface area (Å²) in [7, 11) is 0. The molecule has 1 heterocycles. The summed E-state index contributed by atoms with van der Waals surface area (Å²) < 4.78 is 10.6. The van der Waals surface area contributed by atoms with Crippen molar-refractivity contribution >= 4 is 5.97 Å². The molecular weight excluding hydrogens is 206 g/mol. The molecule has 1 aromatic carbocycles. The highest BCUT2D eigenvalue weighted by Gasteiger charge is 2.36. The minimum atomic E-state index is -0.265. The van der Waals surface area contributed by atoms with Crippen molar-refractivity contribution in [1.82, 2.24) is 0 Å². The monoisotopic (exact) mass is 219 g/mol. The number of ether oxygens (including phenoxy) is 2. The number of carbonyl (C=O) groups excluding carboxylic acids is 1. The summed E-state index contributed by atoms with van der Waals surface area (Å²) in [6.07, 6.45) is 1.62. The molecule has 0 saturated heterocycles. The summed E-state index contributed by atoms with van der Waals surface area (Å²) in [6, 6.07) is 2.02. The number of benzene rings is 1. The van der Waals surface area contributed by atoms with Gasteiger partial charge in [-0.1, -0.05) is 0 Å². The van der Waals surface area contributed by atoms with Gasteiger partial charge in [0.25, 0.3) is 0 Å². The Bertz CT molecular complexity index is 482. The molecule has 4 heteroatoms. The lowest BCUT2D eigenvalue weighted by molar-refractivity contribution is 0.0647. The van der Waals surface area contributed by atoms with Gasteiger partial charge in [0, 0.05) is 11.6 Å². The van der Waals surface area contributed by atoms with Crippen LogP contribution < -0.4 is 15.2 Å². The van der Waals surface area contributed by atoms with Crippen molar-refractivity contribution in [2.75, 3.05) is 6.61 Å². The van der Waals surface area contributed by atoms with Gasteiger partial charge in [-0.25, -0.2) is 4.79 Å². The molecule has 16 heavy (non-hydrogen) atoms. The van der Waals surface area contributed by atoms with Gasteiger partial charge in [0.2, 0.25) is 0 Å². The van der Waals surface area contributed by atoms with E-state index in [4.69, 9.17) is 15.2 Å². The van der Waals surface area contributed by atoms with Crippen molar-refractivity contribution in [1.29, 1.82) is 0 Å². The van der Waals surface area contributed by atoms with E-state index in [1.807, 2.05) is 13.0 Å². The first-order valence-corrected chi connectivity index (χ1v) is 5.50. The fourth-order valence-corrected chi connectivity index (χ4v) is 2.41. The van der Waals surface area contributed by atoms with E-state index >= 15 is 0 Å². The number of rotatable bonds is 2. The molecule has 2 N–H and O–H groups in total. The molecule has 0 aromatic heterocycles. The van der Waals surface area contributed by atoms with Crippen LogP contribution in [-0.2, 0) is 12.8 Å². The Hall–Kier alpha value is -1.55. The zero-order valence-corrected chi connectivity index (χ0v) is 9.08. The highest BCUT2D eigenvalue weighted by molar-refractivity contribution is 6.03. The second-order valence-corrected chi connectivity index (χ2v) is 4.21. The third kappa shape index (κ3) is 1.16. The molecule has 0 radical (unpaired) electrons. The molecule has 0 saturated carbocycles. The Balaban J connectivity index is 2.15. The van der Waals surface area contributed by atoms with E-state index in [2.05, 4.69) is 0 Å². The van der Waals surface area contributed by atoms with Crippen LogP contribution in [0.4, 0.5) is 0 Å². The molecule has 2 aliphatic rings. The van der Waals surface area contributed by atoms with Crippen molar-refractivity contribution in [2.45, 2.75) is 25.8 Å². The smallest absolute Gasteiger partial charge is 0.347 e. The number of carbonyl (C=O) groups is 1. The SMILES string of the molecule is CCOc1c2c(cc3c1OC3=O)CC(N)C2. The Labute approximate surface area is 93.3 Å². The molecule has 1 aliphatic carbocycles. The molecule has 0 bridgehead atoms. The lowest BCUT2D eigenvalue weighted by Gasteiger charge is -2.23. The molecule has 0 spiro atoms. The Morgan fingerprint density at radius 2 is 2.38 bits per heavy atom. The van der Waals surface area contributed by atoms with Gasteiger partial charge in [0.05, 0.1) is 6.61 Å². The highest BCUT2D eigenvalue weighted by atomic mass is 16.6. The van der Waals surface area contributed by atoms with Gasteiger partial charge >= 0.3 is 5.97 Å². The van der Waals surface area contributed by atoms with Crippen LogP contribution in [0, 0.1) is 0 Å². The second-order valence-electron chi connectivity index (χ2n) is 4.21. The molecular formula is C12H13NO3. The first kappa shape index (κ1) is 9.66. The van der Waals surface area contributed by atoms with E-state index in [1.54, 1.807) is 0 Å². The molecule has 3 rings (SSSR count). The Morgan fingerprint density at radius 3 is 3.06 bits per heavy atom. The quantitative estimate of drug-likeness (QED) is 0.755. The van der Waals surface area contributed by atoms with Crippen molar-refractivity contribution in [2.24, 2.45) is 5.73 Å². The first-order chi connectivity index (χ1) is 7.70. The van der Waals surface area contributed by atoms with Gasteiger partial charge in [-0.15, -0.1) is 0 Å². The van der Waals surface area contributed by atoms with Crippen LogP contribution in [0.3, 0.4) is 0 Å². The fourth-order valence-electron chi connectivity index (χ4n) is 2.41. The lowest BCUT2D eigenvalue weighted by Crippen LogP contribution is -2.23. The molecule has 1 unspecified atom stereocenters. The van der Waals surface area contributed by atoms with Gasteiger partial charge in [-0.3, -0.25) is 0 Å². The van der Waals surface area contributed by atoms with Crippen LogP contribution in [0.25, 0.3) is 0 Å². The summed E-state index contributed by atoms with van der Waals surface area (Å²) in [6.45, 7) is 2.48. The molecule has 1 aromatic rings. The number of nitrogens with two attached hydrogens (primary N) is 1. The van der Waals surface area contributed by atoms with Crippen LogP contribution in [0.1, 0.15) is 28.4 Å². The maximum absolute atomic E-state index is 11.3. The summed E-state index contributed by atoms with van der Waals surface area (Å²) in [5.74, 6) is 1.06. The lowest BCUT2D eigenvalue weighted by atomic mass is 10.0. The predicted octanol–water partition coefficient (Wildman–Crippen LogP) is 1.04. The number of esters is 1. The second kappa shape index (κ2) is 3.22.